The summed E-state index contributed by atoms with van der Waals surface area (Å²) >= 11 is 0. The zero-order valence-electron chi connectivity index (χ0n) is 31.4. The highest BCUT2D eigenvalue weighted by atomic mass is 16.7. The molecule has 0 radical (unpaired) electrons. The zero-order valence-corrected chi connectivity index (χ0v) is 31.4. The number of para-hydroxylation sites is 2. The first-order chi connectivity index (χ1) is 25.8. The highest BCUT2D eigenvalue weighted by molar-refractivity contribution is 6.09. The molecule has 3 heteroatoms. The lowest BCUT2D eigenvalue weighted by Crippen LogP contribution is -2.40. The van der Waals surface area contributed by atoms with Gasteiger partial charge in [0.05, 0.1) is 6.10 Å². The van der Waals surface area contributed by atoms with Crippen LogP contribution in [0.3, 0.4) is 0 Å². The maximum absolute atomic E-state index is 6.87. The van der Waals surface area contributed by atoms with E-state index in [2.05, 4.69) is 142 Å². The van der Waals surface area contributed by atoms with Gasteiger partial charge in [0.2, 0.25) is 0 Å². The molecule has 264 valence electrons. The summed E-state index contributed by atoms with van der Waals surface area (Å²) in [5.41, 5.74) is 15.8. The monoisotopic (exact) mass is 694 g/mol. The van der Waals surface area contributed by atoms with Crippen LogP contribution in [0.5, 0.6) is 0 Å². The van der Waals surface area contributed by atoms with Crippen molar-refractivity contribution in [3.8, 4) is 44.5 Å². The van der Waals surface area contributed by atoms with Crippen LogP contribution in [0, 0.1) is 6.92 Å². The fourth-order valence-electron chi connectivity index (χ4n) is 8.55. The first-order valence-corrected chi connectivity index (χ1v) is 18.9. The summed E-state index contributed by atoms with van der Waals surface area (Å²) in [6, 6.07) is 43.1. The van der Waals surface area contributed by atoms with E-state index < -0.39 is 5.79 Å². The standard InChI is InChI=1S/C48H40O3.C2H6/c1-6-34-42(32-16-8-7-9-17-32)46-41-28-27-36(30(3)50-48(4,5)51-41)45(46)43(44(34)35-18-11-10-15-29(35)2)33-25-23-31(24-26-33)37-20-14-21-39-38-19-12-13-22-40(38)49-47(37)39;1-2/h6-28,30,36,41H,1H2,2-5H3;1-2H3. The van der Waals surface area contributed by atoms with Crippen LogP contribution in [-0.2, 0) is 9.47 Å². The van der Waals surface area contributed by atoms with Crippen LogP contribution in [0.2, 0.25) is 0 Å². The van der Waals surface area contributed by atoms with Crippen LogP contribution in [0.25, 0.3) is 72.5 Å². The highest BCUT2D eigenvalue weighted by Gasteiger charge is 2.42. The fraction of sp³-hybridized carbons (Fsp3) is 0.200. The lowest BCUT2D eigenvalue weighted by molar-refractivity contribution is -0.257. The van der Waals surface area contributed by atoms with E-state index >= 15 is 0 Å². The second-order valence-electron chi connectivity index (χ2n) is 14.3. The van der Waals surface area contributed by atoms with Crippen LogP contribution in [-0.4, -0.2) is 11.9 Å². The lowest BCUT2D eigenvalue weighted by atomic mass is 9.70. The maximum atomic E-state index is 6.87. The summed E-state index contributed by atoms with van der Waals surface area (Å²) in [7, 11) is 0. The molecule has 0 saturated carbocycles. The minimum atomic E-state index is -0.763. The van der Waals surface area contributed by atoms with Crippen molar-refractivity contribution in [3.63, 3.8) is 0 Å². The summed E-state index contributed by atoms with van der Waals surface area (Å²) in [6.45, 7) is 16.9. The molecule has 2 bridgehead atoms. The first kappa shape index (κ1) is 34.6. The van der Waals surface area contributed by atoms with E-state index in [1.54, 1.807) is 0 Å². The topological polar surface area (TPSA) is 31.6 Å². The summed E-state index contributed by atoms with van der Waals surface area (Å²) in [5, 5.41) is 2.26. The predicted octanol–water partition coefficient (Wildman–Crippen LogP) is 14.1. The highest BCUT2D eigenvalue weighted by Crippen LogP contribution is 2.55. The molecule has 53 heavy (non-hydrogen) atoms. The Balaban J connectivity index is 0.00000197. The number of furan rings is 1. The van der Waals surface area contributed by atoms with Gasteiger partial charge in [-0.3, -0.25) is 0 Å². The summed E-state index contributed by atoms with van der Waals surface area (Å²) in [4.78, 5) is 0. The van der Waals surface area contributed by atoms with Crippen molar-refractivity contribution in [2.24, 2.45) is 0 Å². The van der Waals surface area contributed by atoms with Gasteiger partial charge >= 0.3 is 0 Å². The Hall–Kier alpha value is -5.48. The molecule has 3 unspecified atom stereocenters. The van der Waals surface area contributed by atoms with Crippen LogP contribution in [0.15, 0.2) is 144 Å². The first-order valence-electron chi connectivity index (χ1n) is 18.9. The Morgan fingerprint density at radius 2 is 1.25 bits per heavy atom. The number of aryl methyl sites for hydroxylation is 1. The number of fused-ring (bicyclic) bond motifs is 8. The summed E-state index contributed by atoms with van der Waals surface area (Å²) in [6.07, 6.45) is 6.15. The number of rotatable bonds is 5. The molecule has 2 heterocycles. The SMILES string of the molecule is C=Cc1c(-c2ccccc2C)c(-c2ccc(-c3cccc4c3oc3ccccc34)cc2)c2c(c1-c1ccccc1)C1C=CC2C(C)OC(C)(C)O1.CC. The Bertz CT molecular complexity index is 2500. The minimum absolute atomic E-state index is 0.00231. The molecule has 0 N–H and O–H groups in total. The molecule has 6 aromatic carbocycles. The molecule has 7 aromatic rings. The van der Waals surface area contributed by atoms with Crippen molar-refractivity contribution in [1.29, 1.82) is 0 Å². The maximum Gasteiger partial charge on any atom is 0.164 e. The van der Waals surface area contributed by atoms with Crippen molar-refractivity contribution in [2.45, 2.75) is 65.5 Å². The molecule has 0 fully saturated rings. The van der Waals surface area contributed by atoms with Gasteiger partial charge in [-0.1, -0.05) is 154 Å². The van der Waals surface area contributed by atoms with E-state index in [9.17, 15) is 0 Å². The summed E-state index contributed by atoms with van der Waals surface area (Å²) in [5.74, 6) is -0.760. The van der Waals surface area contributed by atoms with E-state index in [-0.39, 0.29) is 18.1 Å². The van der Waals surface area contributed by atoms with Gasteiger partial charge in [0, 0.05) is 22.3 Å². The van der Waals surface area contributed by atoms with Crippen molar-refractivity contribution >= 4 is 28.0 Å². The van der Waals surface area contributed by atoms with Crippen LogP contribution in [0.1, 0.15) is 68.9 Å². The van der Waals surface area contributed by atoms with Crippen molar-refractivity contribution in [1.82, 2.24) is 0 Å². The van der Waals surface area contributed by atoms with E-state index in [1.165, 1.54) is 38.9 Å². The molecule has 1 aromatic heterocycles. The molecule has 0 spiro atoms. The van der Waals surface area contributed by atoms with E-state index in [1.807, 2.05) is 45.9 Å². The molecule has 3 nitrogen and oxygen atoms in total. The largest absolute Gasteiger partial charge is 0.455 e. The average Bonchev–Trinajstić information content (AvgIpc) is 3.57. The molecule has 2 aliphatic rings. The number of ether oxygens (including phenoxy) is 2. The summed E-state index contributed by atoms with van der Waals surface area (Å²) < 4.78 is 20.0. The quantitative estimate of drug-likeness (QED) is 0.168. The Morgan fingerprint density at radius 3 is 2.00 bits per heavy atom. The Morgan fingerprint density at radius 1 is 0.604 bits per heavy atom. The predicted molar refractivity (Wildman–Crippen MR) is 222 cm³/mol. The van der Waals surface area contributed by atoms with E-state index in [4.69, 9.17) is 13.9 Å². The van der Waals surface area contributed by atoms with Crippen LogP contribution < -0.4 is 0 Å². The molecule has 9 rings (SSSR count). The van der Waals surface area contributed by atoms with Crippen LogP contribution >= 0.6 is 0 Å². The molecule has 3 atom stereocenters. The number of hydrogen-bond donors (Lipinski definition) is 0. The third-order valence-corrected chi connectivity index (χ3v) is 10.7. The second-order valence-corrected chi connectivity index (χ2v) is 14.3. The third kappa shape index (κ3) is 5.85. The Labute approximate surface area is 313 Å². The molecular formula is C50H46O3. The lowest BCUT2D eigenvalue weighted by Gasteiger charge is -2.44. The van der Waals surface area contributed by atoms with Gasteiger partial charge in [-0.25, -0.2) is 0 Å². The van der Waals surface area contributed by atoms with Crippen molar-refractivity contribution in [3.05, 3.63) is 162 Å². The second kappa shape index (κ2) is 13.8. The molecule has 1 aliphatic carbocycles. The van der Waals surface area contributed by atoms with Gasteiger partial charge in [0.1, 0.15) is 17.3 Å². The molecule has 0 amide bonds. The minimum Gasteiger partial charge on any atom is -0.455 e. The van der Waals surface area contributed by atoms with Gasteiger partial charge in [-0.15, -0.1) is 0 Å². The third-order valence-electron chi connectivity index (χ3n) is 10.7. The normalized spacial score (nSPS) is 18.6. The number of benzene rings is 6. The van der Waals surface area contributed by atoms with Crippen molar-refractivity contribution < 1.29 is 13.9 Å². The molecular weight excluding hydrogens is 649 g/mol. The van der Waals surface area contributed by atoms with E-state index in [0.29, 0.717) is 0 Å². The fourth-order valence-corrected chi connectivity index (χ4v) is 8.55. The smallest absolute Gasteiger partial charge is 0.164 e. The number of hydrogen-bond acceptors (Lipinski definition) is 3. The zero-order chi connectivity index (χ0) is 36.9. The van der Waals surface area contributed by atoms with Crippen molar-refractivity contribution in [2.75, 3.05) is 0 Å². The Kier molecular flexibility index (Phi) is 9.02. The van der Waals surface area contributed by atoms with E-state index in [0.717, 1.165) is 49.8 Å². The molecule has 1 aliphatic heterocycles. The van der Waals surface area contributed by atoms with Gasteiger partial charge < -0.3 is 13.9 Å². The molecule has 0 saturated heterocycles. The van der Waals surface area contributed by atoms with Crippen LogP contribution in [0.4, 0.5) is 0 Å². The van der Waals surface area contributed by atoms with Gasteiger partial charge in [0.25, 0.3) is 0 Å². The van der Waals surface area contributed by atoms with Gasteiger partial charge in [-0.05, 0) is 95.0 Å². The average molecular weight is 695 g/mol. The van der Waals surface area contributed by atoms with Gasteiger partial charge in [0.15, 0.2) is 5.79 Å². The van der Waals surface area contributed by atoms with Gasteiger partial charge in [-0.2, -0.15) is 0 Å².